The molecule has 5 aromatic carbocycles. The minimum atomic E-state index is 0.859. The number of hydrogen-bond donors (Lipinski definition) is 0. The number of ether oxygens (including phenoxy) is 1. The minimum absolute atomic E-state index is 0.859. The Kier molecular flexibility index (Phi) is 4.47. The van der Waals surface area contributed by atoms with Gasteiger partial charge in [-0.15, -0.1) is 0 Å². The van der Waals surface area contributed by atoms with Crippen molar-refractivity contribution in [2.75, 3.05) is 4.90 Å². The van der Waals surface area contributed by atoms with Gasteiger partial charge in [-0.05, 0) is 58.7 Å². The van der Waals surface area contributed by atoms with Crippen molar-refractivity contribution < 1.29 is 4.74 Å². The fourth-order valence-corrected chi connectivity index (χ4v) is 4.28. The summed E-state index contributed by atoms with van der Waals surface area (Å²) < 4.78 is 6.34. The molecule has 0 saturated carbocycles. The summed E-state index contributed by atoms with van der Waals surface area (Å²) in [6, 6.07) is 44.2. The van der Waals surface area contributed by atoms with Gasteiger partial charge in [-0.25, -0.2) is 0 Å². The van der Waals surface area contributed by atoms with E-state index in [1.54, 1.807) is 0 Å². The van der Waals surface area contributed by atoms with Crippen molar-refractivity contribution in [3.05, 3.63) is 127 Å². The van der Waals surface area contributed by atoms with Crippen LogP contribution in [0.3, 0.4) is 0 Å². The molecule has 1 aliphatic rings. The Morgan fingerprint density at radius 1 is 0.406 bits per heavy atom. The molecule has 32 heavy (non-hydrogen) atoms. The van der Waals surface area contributed by atoms with Crippen LogP contribution in [0, 0.1) is 0 Å². The van der Waals surface area contributed by atoms with Gasteiger partial charge in [0.05, 0.1) is 11.4 Å². The molecule has 1 heterocycles. The highest BCUT2D eigenvalue weighted by molar-refractivity contribution is 5.87. The molecule has 0 N–H and O–H groups in total. The molecule has 0 unspecified atom stereocenters. The highest BCUT2D eigenvalue weighted by Gasteiger charge is 2.25. The van der Waals surface area contributed by atoms with E-state index in [1.165, 1.54) is 16.7 Å². The fraction of sp³-hybridized carbons (Fsp3) is 0. The topological polar surface area (TPSA) is 12.5 Å². The van der Waals surface area contributed by atoms with E-state index in [-0.39, 0.29) is 0 Å². The Hall–Kier alpha value is -4.30. The predicted octanol–water partition coefficient (Wildman–Crippen LogP) is 8.60. The van der Waals surface area contributed by atoms with Gasteiger partial charge < -0.3 is 9.64 Å². The van der Waals surface area contributed by atoms with Crippen molar-refractivity contribution in [1.82, 2.24) is 0 Å². The summed E-state index contributed by atoms with van der Waals surface area (Å²) in [5.74, 6) is 1.72. The molecule has 2 nitrogen and oxygen atoms in total. The zero-order valence-corrected chi connectivity index (χ0v) is 17.5. The molecule has 0 amide bonds. The zero-order chi connectivity index (χ0) is 21.3. The summed E-state index contributed by atoms with van der Waals surface area (Å²) in [5.41, 5.74) is 7.95. The Balaban J connectivity index is 1.41. The van der Waals surface area contributed by atoms with E-state index < -0.39 is 0 Å². The smallest absolute Gasteiger partial charge is 0.152 e. The van der Waals surface area contributed by atoms with Crippen LogP contribution < -0.4 is 9.64 Å². The molecule has 1 aliphatic heterocycles. The van der Waals surface area contributed by atoms with Crippen LogP contribution in [0.25, 0.3) is 22.3 Å². The van der Waals surface area contributed by atoms with Gasteiger partial charge in [0, 0.05) is 5.69 Å². The molecular weight excluding hydrogens is 390 g/mol. The Labute approximate surface area is 188 Å². The van der Waals surface area contributed by atoms with Crippen LogP contribution in [-0.2, 0) is 0 Å². The number of nitrogens with zero attached hydrogens (tertiary/aromatic N) is 1. The van der Waals surface area contributed by atoms with Gasteiger partial charge in [0.15, 0.2) is 11.5 Å². The lowest BCUT2D eigenvalue weighted by atomic mass is 9.99. The highest BCUT2D eigenvalue weighted by Crippen LogP contribution is 2.51. The average molecular weight is 412 g/mol. The SMILES string of the molecule is c1ccc(-c2ccc(-c3ccc4c(c3)Oc3ccccc3N4c3ccccc3)cc2)cc1. The number of rotatable bonds is 3. The molecule has 0 saturated heterocycles. The third kappa shape index (κ3) is 3.23. The monoisotopic (exact) mass is 411 g/mol. The van der Waals surface area contributed by atoms with Gasteiger partial charge in [0.25, 0.3) is 0 Å². The van der Waals surface area contributed by atoms with Crippen molar-refractivity contribution >= 4 is 17.1 Å². The highest BCUT2D eigenvalue weighted by atomic mass is 16.5. The molecular formula is C30H21NO. The van der Waals surface area contributed by atoms with Crippen LogP contribution in [0.2, 0.25) is 0 Å². The maximum Gasteiger partial charge on any atom is 0.152 e. The number of fused-ring (bicyclic) bond motifs is 2. The summed E-state index contributed by atoms with van der Waals surface area (Å²) in [5, 5.41) is 0. The van der Waals surface area contributed by atoms with Crippen molar-refractivity contribution in [3.8, 4) is 33.8 Å². The molecule has 2 heteroatoms. The quantitative estimate of drug-likeness (QED) is 0.289. The number of benzene rings is 5. The molecule has 5 aromatic rings. The molecule has 0 fully saturated rings. The lowest BCUT2D eigenvalue weighted by Crippen LogP contribution is -2.15. The van der Waals surface area contributed by atoms with Crippen LogP contribution in [-0.4, -0.2) is 0 Å². The summed E-state index contributed by atoms with van der Waals surface area (Å²) in [6.45, 7) is 0. The van der Waals surface area contributed by atoms with Crippen molar-refractivity contribution in [2.45, 2.75) is 0 Å². The van der Waals surface area contributed by atoms with Crippen LogP contribution >= 0.6 is 0 Å². The first-order valence-electron chi connectivity index (χ1n) is 10.8. The van der Waals surface area contributed by atoms with Gasteiger partial charge in [-0.1, -0.05) is 91.0 Å². The third-order valence-electron chi connectivity index (χ3n) is 5.87. The van der Waals surface area contributed by atoms with Crippen LogP contribution in [0.4, 0.5) is 17.1 Å². The predicted molar refractivity (Wildman–Crippen MR) is 132 cm³/mol. The summed E-state index contributed by atoms with van der Waals surface area (Å²) in [6.07, 6.45) is 0. The Morgan fingerprint density at radius 2 is 0.938 bits per heavy atom. The maximum absolute atomic E-state index is 6.34. The minimum Gasteiger partial charge on any atom is -0.453 e. The normalized spacial score (nSPS) is 11.9. The van der Waals surface area contributed by atoms with Crippen LogP contribution in [0.15, 0.2) is 127 Å². The number of para-hydroxylation sites is 3. The zero-order valence-electron chi connectivity index (χ0n) is 17.5. The van der Waals surface area contributed by atoms with Crippen molar-refractivity contribution in [1.29, 1.82) is 0 Å². The van der Waals surface area contributed by atoms with Gasteiger partial charge in [-0.3, -0.25) is 0 Å². The van der Waals surface area contributed by atoms with Crippen LogP contribution in [0.5, 0.6) is 11.5 Å². The third-order valence-corrected chi connectivity index (χ3v) is 5.87. The van der Waals surface area contributed by atoms with Crippen LogP contribution in [0.1, 0.15) is 0 Å². The van der Waals surface area contributed by atoms with Gasteiger partial charge in [0.2, 0.25) is 0 Å². The first-order valence-corrected chi connectivity index (χ1v) is 10.8. The maximum atomic E-state index is 6.34. The first-order chi connectivity index (χ1) is 15.9. The van der Waals surface area contributed by atoms with Gasteiger partial charge in [-0.2, -0.15) is 0 Å². The average Bonchev–Trinajstić information content (AvgIpc) is 2.88. The van der Waals surface area contributed by atoms with E-state index in [0.717, 1.165) is 34.1 Å². The Bertz CT molecular complexity index is 1380. The molecule has 0 aromatic heterocycles. The van der Waals surface area contributed by atoms with E-state index in [9.17, 15) is 0 Å². The van der Waals surface area contributed by atoms with Crippen molar-refractivity contribution in [3.63, 3.8) is 0 Å². The van der Waals surface area contributed by atoms with E-state index in [4.69, 9.17) is 4.74 Å². The fourth-order valence-electron chi connectivity index (χ4n) is 4.28. The second-order valence-corrected chi connectivity index (χ2v) is 7.87. The van der Waals surface area contributed by atoms with E-state index in [2.05, 4.69) is 102 Å². The molecule has 0 spiro atoms. The lowest BCUT2D eigenvalue weighted by molar-refractivity contribution is 0.477. The molecule has 0 atom stereocenters. The standard InChI is InChI=1S/C30H21NO/c1-3-9-22(10-4-1)23-15-17-24(18-16-23)25-19-20-28-30(21-25)32-29-14-8-7-13-27(29)31(28)26-11-5-2-6-12-26/h1-21H. The van der Waals surface area contributed by atoms with E-state index >= 15 is 0 Å². The number of hydrogen-bond acceptors (Lipinski definition) is 2. The van der Waals surface area contributed by atoms with Gasteiger partial charge in [0.1, 0.15) is 0 Å². The molecule has 0 aliphatic carbocycles. The van der Waals surface area contributed by atoms with Crippen molar-refractivity contribution in [2.24, 2.45) is 0 Å². The van der Waals surface area contributed by atoms with E-state index in [1.807, 2.05) is 30.3 Å². The lowest BCUT2D eigenvalue weighted by Gasteiger charge is -2.33. The summed E-state index contributed by atoms with van der Waals surface area (Å²) in [4.78, 5) is 2.26. The van der Waals surface area contributed by atoms with Gasteiger partial charge >= 0.3 is 0 Å². The molecule has 152 valence electrons. The summed E-state index contributed by atoms with van der Waals surface area (Å²) >= 11 is 0. The second-order valence-electron chi connectivity index (χ2n) is 7.87. The largest absolute Gasteiger partial charge is 0.453 e. The molecule has 0 radical (unpaired) electrons. The molecule has 6 rings (SSSR count). The van der Waals surface area contributed by atoms with E-state index in [0.29, 0.717) is 0 Å². The molecule has 0 bridgehead atoms. The number of anilines is 3. The first kappa shape index (κ1) is 18.5. The second kappa shape index (κ2) is 7.75. The Morgan fingerprint density at radius 3 is 1.69 bits per heavy atom. The summed E-state index contributed by atoms with van der Waals surface area (Å²) in [7, 11) is 0.